The largest absolute Gasteiger partial charge is 0.507 e. The van der Waals surface area contributed by atoms with E-state index in [0.29, 0.717) is 18.3 Å². The number of hydrogen-bond acceptors (Lipinski definition) is 4. The fourth-order valence-corrected chi connectivity index (χ4v) is 3.06. The minimum absolute atomic E-state index is 0.0801. The number of likely N-dealkylation sites (tertiary alicyclic amines) is 1. The van der Waals surface area contributed by atoms with Gasteiger partial charge < -0.3 is 10.4 Å². The number of likely N-dealkylation sites (N-methyl/N-ethyl adjacent to an activating group) is 1. The summed E-state index contributed by atoms with van der Waals surface area (Å²) < 4.78 is 21.8. The summed E-state index contributed by atoms with van der Waals surface area (Å²) in [4.78, 5) is 14.5. The average Bonchev–Trinajstić information content (AvgIpc) is 2.93. The third-order valence-corrected chi connectivity index (χ3v) is 4.26. The first kappa shape index (κ1) is 16.7. The number of phenols is 1. The van der Waals surface area contributed by atoms with Gasteiger partial charge in [0, 0.05) is 18.3 Å². The van der Waals surface area contributed by atoms with Gasteiger partial charge in [-0.3, -0.25) is 19.0 Å². The van der Waals surface area contributed by atoms with Crippen LogP contribution in [0.2, 0.25) is 0 Å². The van der Waals surface area contributed by atoms with Crippen LogP contribution < -0.4 is 10.0 Å². The molecule has 4 N–H and O–H groups in total. The Morgan fingerprint density at radius 2 is 2.27 bits per heavy atom. The Labute approximate surface area is 132 Å². The first-order valence-electron chi connectivity index (χ1n) is 7.24. The first-order valence-corrected chi connectivity index (χ1v) is 8.34. The van der Waals surface area contributed by atoms with E-state index in [9.17, 15) is 14.1 Å². The summed E-state index contributed by atoms with van der Waals surface area (Å²) in [5.41, 5.74) is 0.372. The normalized spacial score (nSPS) is 19.8. The van der Waals surface area contributed by atoms with E-state index in [1.54, 1.807) is 0 Å². The molecule has 122 valence electrons. The summed E-state index contributed by atoms with van der Waals surface area (Å²) in [6, 6.07) is 4.42. The van der Waals surface area contributed by atoms with Crippen molar-refractivity contribution in [3.05, 3.63) is 23.8 Å². The number of carbonyl (C=O) groups is 1. The Balaban J connectivity index is 2.01. The molecule has 1 aromatic rings. The van der Waals surface area contributed by atoms with Crippen molar-refractivity contribution in [1.82, 2.24) is 10.2 Å². The third-order valence-electron chi connectivity index (χ3n) is 3.85. The Morgan fingerprint density at radius 3 is 2.95 bits per heavy atom. The van der Waals surface area contributed by atoms with Crippen LogP contribution >= 0.6 is 0 Å². The lowest BCUT2D eigenvalue weighted by atomic mass is 10.1. The maximum atomic E-state index is 12.2. The second-order valence-electron chi connectivity index (χ2n) is 5.22. The molecule has 0 radical (unpaired) electrons. The Kier molecular flexibility index (Phi) is 5.76. The highest BCUT2D eigenvalue weighted by Crippen LogP contribution is 2.22. The Hall–Kier alpha value is -1.64. The second kappa shape index (κ2) is 7.57. The highest BCUT2D eigenvalue weighted by Gasteiger charge is 2.23. The van der Waals surface area contributed by atoms with Crippen molar-refractivity contribution in [2.24, 2.45) is 0 Å². The van der Waals surface area contributed by atoms with Crippen molar-refractivity contribution < 1.29 is 18.7 Å². The molecule has 2 atom stereocenters. The third kappa shape index (κ3) is 4.19. The number of amides is 1. The van der Waals surface area contributed by atoms with Crippen LogP contribution in [0.25, 0.3) is 0 Å². The van der Waals surface area contributed by atoms with Gasteiger partial charge in [0.1, 0.15) is 5.75 Å². The molecule has 0 spiro atoms. The van der Waals surface area contributed by atoms with Gasteiger partial charge in [-0.05, 0) is 44.1 Å². The van der Waals surface area contributed by atoms with Crippen LogP contribution in [0.3, 0.4) is 0 Å². The molecule has 0 aliphatic carbocycles. The molecule has 0 aromatic heterocycles. The predicted octanol–water partition coefficient (Wildman–Crippen LogP) is 1.15. The van der Waals surface area contributed by atoms with Crippen LogP contribution in [0.4, 0.5) is 5.69 Å². The summed E-state index contributed by atoms with van der Waals surface area (Å²) in [5, 5.41) is 12.6. The molecular formula is C14H21N3O4S. The minimum Gasteiger partial charge on any atom is -0.507 e. The highest BCUT2D eigenvalue weighted by molar-refractivity contribution is 7.80. The topological polar surface area (TPSA) is 102 Å². The molecule has 22 heavy (non-hydrogen) atoms. The van der Waals surface area contributed by atoms with Gasteiger partial charge >= 0.3 is 0 Å². The summed E-state index contributed by atoms with van der Waals surface area (Å²) >= 11 is -2.23. The number of nitrogens with zero attached hydrogens (tertiary/aromatic N) is 1. The van der Waals surface area contributed by atoms with Gasteiger partial charge in [0.15, 0.2) is 0 Å². The maximum absolute atomic E-state index is 12.2. The van der Waals surface area contributed by atoms with Crippen molar-refractivity contribution in [3.8, 4) is 5.75 Å². The quantitative estimate of drug-likeness (QED) is 0.464. The fourth-order valence-electron chi connectivity index (χ4n) is 2.73. The van der Waals surface area contributed by atoms with Crippen LogP contribution in [0, 0.1) is 0 Å². The lowest BCUT2D eigenvalue weighted by molar-refractivity contribution is 0.0938. The molecular weight excluding hydrogens is 306 g/mol. The maximum Gasteiger partial charge on any atom is 0.259 e. The first-order chi connectivity index (χ1) is 10.5. The summed E-state index contributed by atoms with van der Waals surface area (Å²) in [7, 11) is 0. The molecule has 1 aromatic carbocycles. The molecule has 7 nitrogen and oxygen atoms in total. The Morgan fingerprint density at radius 1 is 1.50 bits per heavy atom. The second-order valence-corrected chi connectivity index (χ2v) is 5.92. The van der Waals surface area contributed by atoms with Crippen molar-refractivity contribution in [3.63, 3.8) is 0 Å². The molecule has 1 aliphatic rings. The highest BCUT2D eigenvalue weighted by atomic mass is 32.2. The van der Waals surface area contributed by atoms with Crippen molar-refractivity contribution in [1.29, 1.82) is 0 Å². The number of aromatic hydroxyl groups is 1. The van der Waals surface area contributed by atoms with E-state index in [4.69, 9.17) is 4.55 Å². The average molecular weight is 327 g/mol. The van der Waals surface area contributed by atoms with E-state index in [0.717, 1.165) is 25.9 Å². The monoisotopic (exact) mass is 327 g/mol. The SMILES string of the molecule is CCN1CCCC1CNC(=O)c1cc(NS(=O)O)ccc1O. The molecule has 8 heteroatoms. The molecule has 1 aliphatic heterocycles. The zero-order chi connectivity index (χ0) is 16.1. The lowest BCUT2D eigenvalue weighted by Gasteiger charge is -2.23. The van der Waals surface area contributed by atoms with Crippen LogP contribution in [0.1, 0.15) is 30.1 Å². The van der Waals surface area contributed by atoms with Crippen LogP contribution in [-0.4, -0.2) is 50.4 Å². The molecule has 0 saturated carbocycles. The number of carbonyl (C=O) groups excluding carboxylic acids is 1. The van der Waals surface area contributed by atoms with E-state index in [2.05, 4.69) is 21.9 Å². The van der Waals surface area contributed by atoms with Gasteiger partial charge in [-0.25, -0.2) is 4.21 Å². The van der Waals surface area contributed by atoms with E-state index >= 15 is 0 Å². The Bertz CT molecular complexity index is 567. The number of rotatable bonds is 6. The van der Waals surface area contributed by atoms with Crippen LogP contribution in [0.5, 0.6) is 5.75 Å². The molecule has 1 amide bonds. The smallest absolute Gasteiger partial charge is 0.259 e. The molecule has 1 fully saturated rings. The van der Waals surface area contributed by atoms with E-state index in [1.165, 1.54) is 18.2 Å². The number of benzene rings is 1. The predicted molar refractivity (Wildman–Crippen MR) is 85.1 cm³/mol. The van der Waals surface area contributed by atoms with Crippen molar-refractivity contribution >= 4 is 22.9 Å². The zero-order valence-electron chi connectivity index (χ0n) is 12.4. The number of phenolic OH excluding ortho intramolecular Hbond substituents is 1. The molecule has 0 bridgehead atoms. The summed E-state index contributed by atoms with van der Waals surface area (Å²) in [5.74, 6) is -0.557. The lowest BCUT2D eigenvalue weighted by Crippen LogP contribution is -2.40. The van der Waals surface area contributed by atoms with Gasteiger partial charge in [0.25, 0.3) is 17.2 Å². The number of hydrogen-bond donors (Lipinski definition) is 4. The zero-order valence-corrected chi connectivity index (χ0v) is 13.2. The minimum atomic E-state index is -2.23. The molecule has 1 saturated heterocycles. The van der Waals surface area contributed by atoms with Crippen LogP contribution in [-0.2, 0) is 11.3 Å². The number of anilines is 1. The summed E-state index contributed by atoms with van der Waals surface area (Å²) in [6.07, 6.45) is 2.17. The van der Waals surface area contributed by atoms with E-state index in [-0.39, 0.29) is 11.3 Å². The van der Waals surface area contributed by atoms with Gasteiger partial charge in [-0.2, -0.15) is 0 Å². The standard InChI is InChI=1S/C14H21N3O4S/c1-2-17-7-3-4-11(17)9-15-14(19)12-8-10(16-22(20)21)5-6-13(12)18/h5-6,8,11,16,18H,2-4,7,9H2,1H3,(H,15,19)(H,20,21). The number of nitrogens with one attached hydrogen (secondary N) is 2. The van der Waals surface area contributed by atoms with E-state index < -0.39 is 17.2 Å². The molecule has 2 rings (SSSR count). The summed E-state index contributed by atoms with van der Waals surface area (Å²) in [6.45, 7) is 4.61. The fraction of sp³-hybridized carbons (Fsp3) is 0.500. The van der Waals surface area contributed by atoms with Gasteiger partial charge in [0.2, 0.25) is 0 Å². The van der Waals surface area contributed by atoms with Gasteiger partial charge in [-0.1, -0.05) is 6.92 Å². The van der Waals surface area contributed by atoms with Crippen LogP contribution in [0.15, 0.2) is 18.2 Å². The molecule has 2 unspecified atom stereocenters. The van der Waals surface area contributed by atoms with Crippen molar-refractivity contribution in [2.45, 2.75) is 25.8 Å². The van der Waals surface area contributed by atoms with Crippen molar-refractivity contribution in [2.75, 3.05) is 24.4 Å². The van der Waals surface area contributed by atoms with E-state index in [1.807, 2.05) is 0 Å². The van der Waals surface area contributed by atoms with Gasteiger partial charge in [-0.15, -0.1) is 0 Å². The van der Waals surface area contributed by atoms with Gasteiger partial charge in [0.05, 0.1) is 5.56 Å². The molecule has 1 heterocycles.